The van der Waals surface area contributed by atoms with Crippen molar-refractivity contribution in [2.45, 2.75) is 20.4 Å². The van der Waals surface area contributed by atoms with Crippen LogP contribution in [-0.4, -0.2) is 17.6 Å². The van der Waals surface area contributed by atoms with E-state index in [1.165, 1.54) is 6.39 Å². The Morgan fingerprint density at radius 2 is 2.33 bits per heavy atom. The van der Waals surface area contributed by atoms with Gasteiger partial charge in [0.25, 0.3) is 0 Å². The normalized spacial score (nSPS) is 9.73. The minimum atomic E-state index is -0.236. The lowest BCUT2D eigenvalue weighted by molar-refractivity contribution is 0.241. The Balaban J connectivity index is 2.28. The fourth-order valence-corrected chi connectivity index (χ4v) is 0.956. The molecule has 2 amide bonds. The summed E-state index contributed by atoms with van der Waals surface area (Å²) in [6, 6.07) is -0.236. The summed E-state index contributed by atoms with van der Waals surface area (Å²) in [5.74, 6) is 0.718. The molecule has 1 heterocycles. The van der Waals surface area contributed by atoms with Gasteiger partial charge in [-0.3, -0.25) is 0 Å². The van der Waals surface area contributed by atoms with Crippen molar-refractivity contribution < 1.29 is 9.21 Å². The summed E-state index contributed by atoms with van der Waals surface area (Å²) in [5.41, 5.74) is 1.64. The average molecular weight is 209 g/mol. The molecule has 0 spiro atoms. The van der Waals surface area contributed by atoms with Crippen LogP contribution in [0.3, 0.4) is 0 Å². The monoisotopic (exact) mass is 209 g/mol. The van der Waals surface area contributed by atoms with E-state index in [9.17, 15) is 4.79 Å². The summed E-state index contributed by atoms with van der Waals surface area (Å²) < 4.78 is 5.00. The lowest BCUT2D eigenvalue weighted by atomic mass is 10.3. The first-order valence-corrected chi connectivity index (χ1v) is 4.64. The molecule has 82 valence electrons. The standard InChI is InChI=1S/C10H15N3O2/c1-7(2)4-11-10(14)12-5-9-8(3)15-6-13-9/h6H,1,4-5H2,2-3H3,(H2,11,12,14). The quantitative estimate of drug-likeness (QED) is 0.736. The number of rotatable bonds is 4. The number of aromatic nitrogens is 1. The van der Waals surface area contributed by atoms with Gasteiger partial charge in [0.1, 0.15) is 11.5 Å². The zero-order chi connectivity index (χ0) is 11.3. The van der Waals surface area contributed by atoms with Crippen molar-refractivity contribution in [3.05, 3.63) is 30.0 Å². The van der Waals surface area contributed by atoms with Gasteiger partial charge in [0, 0.05) is 6.54 Å². The maximum atomic E-state index is 11.2. The number of nitrogens with one attached hydrogen (secondary N) is 2. The summed E-state index contributed by atoms with van der Waals surface area (Å²) in [6.07, 6.45) is 1.36. The van der Waals surface area contributed by atoms with Gasteiger partial charge in [-0.05, 0) is 13.8 Å². The molecule has 15 heavy (non-hydrogen) atoms. The van der Waals surface area contributed by atoms with Gasteiger partial charge in [0.15, 0.2) is 6.39 Å². The highest BCUT2D eigenvalue weighted by Crippen LogP contribution is 2.02. The van der Waals surface area contributed by atoms with Crippen LogP contribution in [0.15, 0.2) is 23.0 Å². The number of urea groups is 1. The SMILES string of the molecule is C=C(C)CNC(=O)NCc1ncoc1C. The van der Waals surface area contributed by atoms with E-state index < -0.39 is 0 Å². The zero-order valence-electron chi connectivity index (χ0n) is 8.96. The van der Waals surface area contributed by atoms with E-state index in [2.05, 4.69) is 22.2 Å². The number of amides is 2. The first-order chi connectivity index (χ1) is 7.09. The van der Waals surface area contributed by atoms with Gasteiger partial charge >= 0.3 is 6.03 Å². The number of nitrogens with zero attached hydrogens (tertiary/aromatic N) is 1. The Morgan fingerprint density at radius 3 is 2.87 bits per heavy atom. The second kappa shape index (κ2) is 5.19. The molecule has 1 rings (SSSR count). The second-order valence-corrected chi connectivity index (χ2v) is 3.35. The minimum absolute atomic E-state index is 0.236. The Bertz CT molecular complexity index is 357. The molecule has 0 radical (unpaired) electrons. The van der Waals surface area contributed by atoms with Gasteiger partial charge in [-0.1, -0.05) is 12.2 Å². The lowest BCUT2D eigenvalue weighted by Crippen LogP contribution is -2.35. The summed E-state index contributed by atoms with van der Waals surface area (Å²) in [6.45, 7) is 8.17. The molecule has 0 aliphatic carbocycles. The fraction of sp³-hybridized carbons (Fsp3) is 0.400. The molecule has 0 aromatic carbocycles. The summed E-state index contributed by atoms with van der Waals surface area (Å²) in [4.78, 5) is 15.2. The molecule has 0 aliphatic rings. The van der Waals surface area contributed by atoms with Gasteiger partial charge in [0.05, 0.1) is 6.54 Å². The second-order valence-electron chi connectivity index (χ2n) is 3.35. The molecule has 0 bridgehead atoms. The van der Waals surface area contributed by atoms with Crippen LogP contribution in [0.4, 0.5) is 4.79 Å². The number of hydrogen-bond acceptors (Lipinski definition) is 3. The smallest absolute Gasteiger partial charge is 0.315 e. The zero-order valence-corrected chi connectivity index (χ0v) is 8.96. The number of carbonyl (C=O) groups is 1. The predicted octanol–water partition coefficient (Wildman–Crippen LogP) is 1.36. The highest BCUT2D eigenvalue weighted by molar-refractivity contribution is 5.74. The highest BCUT2D eigenvalue weighted by atomic mass is 16.3. The van der Waals surface area contributed by atoms with Crippen molar-refractivity contribution in [3.63, 3.8) is 0 Å². The fourth-order valence-electron chi connectivity index (χ4n) is 0.956. The van der Waals surface area contributed by atoms with E-state index >= 15 is 0 Å². The Kier molecular flexibility index (Phi) is 3.91. The van der Waals surface area contributed by atoms with E-state index in [4.69, 9.17) is 4.42 Å². The van der Waals surface area contributed by atoms with Gasteiger partial charge in [-0.25, -0.2) is 9.78 Å². The van der Waals surface area contributed by atoms with Crippen LogP contribution in [0, 0.1) is 6.92 Å². The van der Waals surface area contributed by atoms with Crippen molar-refractivity contribution in [2.24, 2.45) is 0 Å². The molecule has 1 aromatic rings. The molecule has 5 nitrogen and oxygen atoms in total. The Hall–Kier alpha value is -1.78. The maximum Gasteiger partial charge on any atom is 0.315 e. The van der Waals surface area contributed by atoms with Crippen molar-refractivity contribution in [1.29, 1.82) is 0 Å². The van der Waals surface area contributed by atoms with E-state index in [1.807, 2.05) is 6.92 Å². The molecule has 0 fully saturated rings. The molecule has 0 unspecified atom stereocenters. The van der Waals surface area contributed by atoms with Gasteiger partial charge in [-0.2, -0.15) is 0 Å². The van der Waals surface area contributed by atoms with Crippen molar-refractivity contribution >= 4 is 6.03 Å². The third-order valence-corrected chi connectivity index (χ3v) is 1.81. The summed E-state index contributed by atoms with van der Waals surface area (Å²) >= 11 is 0. The Morgan fingerprint density at radius 1 is 1.60 bits per heavy atom. The molecule has 0 aliphatic heterocycles. The molecule has 1 aromatic heterocycles. The van der Waals surface area contributed by atoms with Crippen molar-refractivity contribution in [3.8, 4) is 0 Å². The summed E-state index contributed by atoms with van der Waals surface area (Å²) in [7, 11) is 0. The van der Waals surface area contributed by atoms with Crippen LogP contribution in [0.1, 0.15) is 18.4 Å². The van der Waals surface area contributed by atoms with Crippen LogP contribution >= 0.6 is 0 Å². The van der Waals surface area contributed by atoms with Gasteiger partial charge < -0.3 is 15.1 Å². The van der Waals surface area contributed by atoms with Crippen LogP contribution in [0.25, 0.3) is 0 Å². The number of hydrogen-bond donors (Lipinski definition) is 2. The highest BCUT2D eigenvalue weighted by Gasteiger charge is 2.04. The van der Waals surface area contributed by atoms with Crippen molar-refractivity contribution in [2.75, 3.05) is 6.54 Å². The van der Waals surface area contributed by atoms with Crippen molar-refractivity contribution in [1.82, 2.24) is 15.6 Å². The molecular formula is C10H15N3O2. The first-order valence-electron chi connectivity index (χ1n) is 4.64. The van der Waals surface area contributed by atoms with Gasteiger partial charge in [-0.15, -0.1) is 0 Å². The maximum absolute atomic E-state index is 11.2. The molecular weight excluding hydrogens is 194 g/mol. The van der Waals surface area contributed by atoms with Crippen LogP contribution < -0.4 is 10.6 Å². The number of carbonyl (C=O) groups excluding carboxylic acids is 1. The third-order valence-electron chi connectivity index (χ3n) is 1.81. The van der Waals surface area contributed by atoms with E-state index in [0.717, 1.165) is 17.0 Å². The lowest BCUT2D eigenvalue weighted by Gasteiger charge is -2.05. The first kappa shape index (κ1) is 11.3. The van der Waals surface area contributed by atoms with Crippen LogP contribution in [0.5, 0.6) is 0 Å². The molecule has 2 N–H and O–H groups in total. The average Bonchev–Trinajstić information content (AvgIpc) is 2.58. The molecule has 5 heteroatoms. The van der Waals surface area contributed by atoms with E-state index in [-0.39, 0.29) is 6.03 Å². The number of aryl methyl sites for hydroxylation is 1. The third kappa shape index (κ3) is 3.84. The number of oxazole rings is 1. The summed E-state index contributed by atoms with van der Waals surface area (Å²) in [5, 5.41) is 5.32. The van der Waals surface area contributed by atoms with Gasteiger partial charge in [0.2, 0.25) is 0 Å². The topological polar surface area (TPSA) is 67.2 Å². The van der Waals surface area contributed by atoms with Crippen LogP contribution in [-0.2, 0) is 6.54 Å². The molecule has 0 saturated carbocycles. The molecule has 0 atom stereocenters. The minimum Gasteiger partial charge on any atom is -0.448 e. The van der Waals surface area contributed by atoms with Crippen LogP contribution in [0.2, 0.25) is 0 Å². The largest absolute Gasteiger partial charge is 0.448 e. The van der Waals surface area contributed by atoms with E-state index in [0.29, 0.717) is 13.1 Å². The Labute approximate surface area is 88.6 Å². The van der Waals surface area contributed by atoms with E-state index in [1.54, 1.807) is 6.92 Å². The molecule has 0 saturated heterocycles. The predicted molar refractivity (Wildman–Crippen MR) is 56.3 cm³/mol.